The number of imide groups is 1. The highest BCUT2D eigenvalue weighted by Crippen LogP contribution is 2.77. The van der Waals surface area contributed by atoms with Crippen LogP contribution in [0.25, 0.3) is 20.9 Å². The second-order valence-corrected chi connectivity index (χ2v) is 42.7. The number of azide groups is 2. The lowest BCUT2D eigenvalue weighted by Crippen LogP contribution is -2.33. The molecule has 0 saturated carbocycles. The molecule has 120 heavy (non-hydrogen) atoms. The third-order valence-corrected chi connectivity index (χ3v) is 32.6. The van der Waals surface area contributed by atoms with Crippen molar-refractivity contribution >= 4 is 117 Å². The van der Waals surface area contributed by atoms with Crippen molar-refractivity contribution in [3.05, 3.63) is 86.1 Å². The molecular formula is C45H82N12O51P12. The largest absolute Gasteiger partial charge is 0.490 e. The number of unbranched alkanes of at least 4 members (excludes halogenated alkanes) is 7. The van der Waals surface area contributed by atoms with Gasteiger partial charge in [0.2, 0.25) is 0 Å². The molecule has 14 unspecified atom stereocenters. The molecule has 3 aliphatic rings. The number of ether oxygens (including phenoxy) is 2. The van der Waals surface area contributed by atoms with Gasteiger partial charge in [-0.2, -0.15) is 43.1 Å². The first-order valence-corrected chi connectivity index (χ1v) is 51.3. The molecule has 3 fully saturated rings. The molecule has 2 amide bonds. The minimum Gasteiger partial charge on any atom is -0.390 e. The normalized spacial score (nSPS) is 23.4. The monoisotopic (exact) mass is 1980 g/mol. The summed E-state index contributed by atoms with van der Waals surface area (Å²) in [5, 5.41) is 27.4. The van der Waals surface area contributed by atoms with Gasteiger partial charge in [0.15, 0.2) is 0 Å². The fraction of sp³-hybridized carbons (Fsp3) is 0.733. The predicted molar refractivity (Wildman–Crippen MR) is 388 cm³/mol. The fourth-order valence-electron chi connectivity index (χ4n) is 9.10. The van der Waals surface area contributed by atoms with E-state index < -0.39 is 197 Å². The van der Waals surface area contributed by atoms with Gasteiger partial charge in [0.05, 0.1) is 38.6 Å². The van der Waals surface area contributed by atoms with Gasteiger partial charge in [-0.15, -0.1) is 5.06 Å². The zero-order valence-corrected chi connectivity index (χ0v) is 72.4. The van der Waals surface area contributed by atoms with Gasteiger partial charge in [0, 0.05) is 91.4 Å². The number of aliphatic hydroxyl groups excluding tert-OH is 2. The first kappa shape index (κ1) is 110. The van der Waals surface area contributed by atoms with E-state index in [4.69, 9.17) is 26.3 Å². The number of carbonyl (C=O) groups excluding carboxylic acids is 4. The molecule has 63 nitrogen and oxygen atoms in total. The Morgan fingerprint density at radius 2 is 0.742 bits per heavy atom. The standard InChI is InChI=1S/C21H39N5O24P6.C16H33N3O23P6.C8H10N4O4/c1-15-13-26(21(30)24-20(15)29)19-12-17(28)18(45-19)14-44-52(33,34)47-54(37,38)49-56(41,42)50-55(39,40)48-53(35,36)46-51(31,32)43-11-6-4-2-3-5-8-16(27)9-7-10-23-25-22;1-11-9-19(16(22)18-15(11)21)14-8-12(20)13(37-14)10-36-44(25,26)39-46(29,30)41-48(33,34)42-47(31,32)40-45(27,28)38-43(23,24)35-7-5-3-2-4-6-17;9-11-10-5-1-2-8(15)16-12-6(13)3-4-7(12)14/h13,17-19,28H,2-12,14H2,1H3,(H,31,32)(H,33,34)(H,35,36)(H,37,38)(H,39,40)(H,41,42)(H,24,29,30);9,12-14,20H,2-8,10,17H2,1H3,(H,23,24)(H,25,26)(H,27,28)(H,29,30)(H,31,32)(H,33,34)(H,18,21,22);1-5H2/t17?,18-,19-;12?,13-,14-;/m11./s1. The van der Waals surface area contributed by atoms with Gasteiger partial charge in [-0.3, -0.25) is 61.2 Å². The lowest BCUT2D eigenvalue weighted by Gasteiger charge is -2.21. The van der Waals surface area contributed by atoms with Crippen LogP contribution in [-0.4, -0.2) is 187 Å². The number of ketones is 1. The van der Waals surface area contributed by atoms with E-state index in [1.807, 2.05) is 9.97 Å². The average molecular weight is 1980 g/mol. The summed E-state index contributed by atoms with van der Waals surface area (Å²) in [6.45, 7) is 0.228. The van der Waals surface area contributed by atoms with Gasteiger partial charge in [0.25, 0.3) is 22.9 Å². The Morgan fingerprint density at radius 3 is 1.07 bits per heavy atom. The zero-order chi connectivity index (χ0) is 91.3. The number of aromatic amines is 2. The highest BCUT2D eigenvalue weighted by molar-refractivity contribution is 7.73. The molecule has 0 aromatic carbocycles. The van der Waals surface area contributed by atoms with Crippen molar-refractivity contribution in [3.8, 4) is 0 Å². The van der Waals surface area contributed by atoms with E-state index in [0.29, 0.717) is 75.8 Å². The summed E-state index contributed by atoms with van der Waals surface area (Å²) in [6.07, 6.45) is -1.41. The van der Waals surface area contributed by atoms with Gasteiger partial charge in [0.1, 0.15) is 30.4 Å². The number of aliphatic hydroxyl groups is 2. The van der Waals surface area contributed by atoms with Crippen molar-refractivity contribution in [2.75, 3.05) is 46.1 Å². The van der Waals surface area contributed by atoms with Gasteiger partial charge in [-0.25, -0.2) is 69.2 Å². The van der Waals surface area contributed by atoms with Crippen LogP contribution in [0.15, 0.2) is 41.8 Å². The molecule has 3 saturated heterocycles. The van der Waals surface area contributed by atoms with Crippen LogP contribution in [-0.2, 0) is 149 Å². The number of phosphoric ester groups is 4. The molecule has 18 atom stereocenters. The van der Waals surface area contributed by atoms with Crippen molar-refractivity contribution < 1.29 is 218 Å². The Hall–Kier alpha value is -4.22. The van der Waals surface area contributed by atoms with E-state index in [9.17, 15) is 162 Å². The van der Waals surface area contributed by atoms with Crippen LogP contribution in [0.4, 0.5) is 0 Å². The first-order valence-electron chi connectivity index (χ1n) is 33.3. The van der Waals surface area contributed by atoms with Crippen molar-refractivity contribution in [2.45, 2.75) is 166 Å². The number of nitrogens with zero attached hydrogens (tertiary/aromatic N) is 9. The molecule has 3 aliphatic heterocycles. The highest BCUT2D eigenvalue weighted by atomic mass is 31.3. The Bertz CT molecular complexity index is 4840. The van der Waals surface area contributed by atoms with Crippen LogP contribution >= 0.6 is 93.9 Å². The molecule has 5 heterocycles. The topological polar surface area (TPSA) is 950 Å². The quantitative estimate of drug-likeness (QED) is 0.0107. The second-order valence-electron chi connectivity index (χ2n) is 23.9. The summed E-state index contributed by atoms with van der Waals surface area (Å²) in [5.41, 5.74) is 18.4. The Kier molecular flexibility index (Phi) is 44.6. The van der Waals surface area contributed by atoms with Gasteiger partial charge in [-0.1, -0.05) is 42.3 Å². The third-order valence-electron chi connectivity index (χ3n) is 14.1. The third kappa shape index (κ3) is 43.8. The highest BCUT2D eigenvalue weighted by Gasteiger charge is 2.53. The van der Waals surface area contributed by atoms with E-state index >= 15 is 0 Å². The number of phosphoric acid groups is 12. The number of hydrogen-bond donors (Lipinski definition) is 17. The summed E-state index contributed by atoms with van der Waals surface area (Å²) in [7, 11) is -73.4. The van der Waals surface area contributed by atoms with Crippen molar-refractivity contribution in [3.63, 3.8) is 0 Å². The van der Waals surface area contributed by atoms with Crippen LogP contribution < -0.4 is 28.2 Å². The van der Waals surface area contributed by atoms with Crippen molar-refractivity contribution in [1.29, 1.82) is 0 Å². The molecule has 2 aromatic rings. The maximum absolute atomic E-state index is 12.2. The lowest BCUT2D eigenvalue weighted by atomic mass is 10.1. The van der Waals surface area contributed by atoms with Gasteiger partial charge >= 0.3 is 111 Å². The van der Waals surface area contributed by atoms with E-state index in [-0.39, 0.29) is 81.4 Å². The number of hydrogen-bond acceptors (Lipinski definition) is 42. The average Bonchev–Trinajstić information content (AvgIpc) is 1.56. The molecule has 0 spiro atoms. The molecule has 75 heteroatoms. The van der Waals surface area contributed by atoms with E-state index in [1.165, 1.54) is 13.8 Å². The summed E-state index contributed by atoms with van der Waals surface area (Å²) in [5.74, 6) is -1.71. The summed E-state index contributed by atoms with van der Waals surface area (Å²) < 4.78 is 211. The minimum absolute atomic E-state index is 0.00389. The summed E-state index contributed by atoms with van der Waals surface area (Å²) >= 11 is 0. The Labute approximate surface area is 672 Å². The molecule has 688 valence electrons. The maximum atomic E-state index is 12.2. The summed E-state index contributed by atoms with van der Waals surface area (Å²) in [6, 6.07) is 0. The SMILES string of the molecule is Cc1cn([C@H]2CC(O)[C@@H](COP(=O)(O)OP(=O)(O)OP(=O)(O)OP(=O)(O)OP(=O)(O)OP(=O)(O)OCCCCCCCC(=O)CCCN=[N+]=[N-])O2)c(=O)[nH]c1=O.Cc1cn([C@H]2CC(O)[C@@H](COP(=O)(O)OP(=O)(O)OP(=O)(O)OP(=O)(O)OP(=O)(O)OP(=O)(O)OCCCCCCN)O2)c(=O)[nH]c1=O.[N-]=[N+]=NCCCC(=O)ON1C(=O)CCC1=O. The molecule has 5 rings (SSSR count). The van der Waals surface area contributed by atoms with Crippen LogP contribution in [0, 0.1) is 13.8 Å². The number of carbonyl (C=O) groups is 4. The first-order chi connectivity index (χ1) is 55.1. The van der Waals surface area contributed by atoms with Crippen LogP contribution in [0.3, 0.4) is 0 Å². The second kappa shape index (κ2) is 48.6. The van der Waals surface area contributed by atoms with E-state index in [2.05, 4.69) is 86.1 Å². The zero-order valence-electron chi connectivity index (χ0n) is 61.6. The molecule has 0 aliphatic carbocycles. The predicted octanol–water partition coefficient (Wildman–Crippen LogP) is 4.63. The van der Waals surface area contributed by atoms with Gasteiger partial charge in [-0.05, 0) is 70.0 Å². The number of rotatable bonds is 53. The number of hydroxylamine groups is 2. The molecule has 0 radical (unpaired) electrons. The van der Waals surface area contributed by atoms with Crippen molar-refractivity contribution in [1.82, 2.24) is 24.2 Å². The number of amides is 2. The van der Waals surface area contributed by atoms with Gasteiger partial charge < -0.3 is 89.0 Å². The van der Waals surface area contributed by atoms with Crippen LogP contribution in [0.1, 0.15) is 139 Å². The Balaban J connectivity index is 0.000000526. The van der Waals surface area contributed by atoms with Crippen LogP contribution in [0.2, 0.25) is 0 Å². The number of nitrogens with two attached hydrogens (primary N) is 1. The number of aryl methyl sites for hydroxylation is 2. The van der Waals surface area contributed by atoms with Crippen LogP contribution in [0.5, 0.6) is 0 Å². The summed E-state index contributed by atoms with van der Waals surface area (Å²) in [4.78, 5) is 221. The fourth-order valence-corrected chi connectivity index (χ4v) is 24.8. The number of aromatic nitrogens is 4. The van der Waals surface area contributed by atoms with E-state index in [0.717, 1.165) is 21.5 Å². The Morgan fingerprint density at radius 1 is 0.450 bits per heavy atom. The maximum Gasteiger partial charge on any atom is 0.490 e. The number of H-pyrrole nitrogens is 2. The number of Topliss-reactive ketones (excluding diaryl/α,β-unsaturated/α-hetero) is 1. The van der Waals surface area contributed by atoms with Crippen molar-refractivity contribution in [2.24, 2.45) is 16.0 Å². The minimum atomic E-state index is -6.48. The smallest absolute Gasteiger partial charge is 0.390 e. The number of nitrogens with one attached hydrogen (secondary N) is 2. The molecule has 2 aromatic heterocycles. The molecular weight excluding hydrogens is 1900 g/mol. The molecule has 0 bridgehead atoms. The molecule has 18 N–H and O–H groups in total. The van der Waals surface area contributed by atoms with E-state index in [1.54, 1.807) is 0 Å². The lowest BCUT2D eigenvalue weighted by molar-refractivity contribution is -0.197.